The van der Waals surface area contributed by atoms with Crippen LogP contribution in [0.1, 0.15) is 18.1 Å². The van der Waals surface area contributed by atoms with Crippen LogP contribution in [-0.4, -0.2) is 50.6 Å². The summed E-state index contributed by atoms with van der Waals surface area (Å²) >= 11 is 0. The number of carbonyl (C=O) groups excluding carboxylic acids is 1. The maximum atomic E-state index is 12.7. The Morgan fingerprint density at radius 1 is 1.07 bits per heavy atom. The van der Waals surface area contributed by atoms with Crippen molar-refractivity contribution >= 4 is 17.3 Å². The molecule has 1 fully saturated rings. The normalized spacial score (nSPS) is 14.2. The number of hydrogen-bond donors (Lipinski definition) is 1. The second kappa shape index (κ2) is 8.80. The summed E-state index contributed by atoms with van der Waals surface area (Å²) in [7, 11) is 1.69. The first-order valence-electron chi connectivity index (χ1n) is 9.62. The van der Waals surface area contributed by atoms with Gasteiger partial charge >= 0.3 is 0 Å². The van der Waals surface area contributed by atoms with Crippen molar-refractivity contribution in [3.05, 3.63) is 53.6 Å². The van der Waals surface area contributed by atoms with Gasteiger partial charge in [0.2, 0.25) is 5.91 Å². The Labute approximate surface area is 161 Å². The Kier molecular flexibility index (Phi) is 6.22. The quantitative estimate of drug-likeness (QED) is 0.851. The van der Waals surface area contributed by atoms with Gasteiger partial charge in [0.05, 0.1) is 19.3 Å². The molecular weight excluding hydrogens is 338 g/mol. The van der Waals surface area contributed by atoms with Crippen LogP contribution in [0.3, 0.4) is 0 Å². The molecule has 0 bridgehead atoms. The fraction of sp³-hybridized carbons (Fsp3) is 0.409. The molecule has 1 aliphatic heterocycles. The van der Waals surface area contributed by atoms with E-state index in [1.54, 1.807) is 7.11 Å². The summed E-state index contributed by atoms with van der Waals surface area (Å²) in [5.41, 5.74) is 4.63. The minimum absolute atomic E-state index is 0.153. The second-order valence-corrected chi connectivity index (χ2v) is 6.86. The Bertz CT molecular complexity index is 783. The molecule has 0 spiro atoms. The lowest BCUT2D eigenvalue weighted by Crippen LogP contribution is -2.50. The fourth-order valence-electron chi connectivity index (χ4n) is 3.64. The molecule has 1 aliphatic rings. The number of nitrogens with one attached hydrogen (secondary N) is 1. The smallest absolute Gasteiger partial charge is 0.241 e. The minimum atomic E-state index is 0.153. The maximum Gasteiger partial charge on any atom is 0.241 e. The predicted octanol–water partition coefficient (Wildman–Crippen LogP) is 3.33. The van der Waals surface area contributed by atoms with Crippen molar-refractivity contribution < 1.29 is 9.53 Å². The molecular formula is C22H29N3O2. The van der Waals surface area contributed by atoms with Gasteiger partial charge < -0.3 is 19.9 Å². The zero-order chi connectivity index (χ0) is 19.2. The summed E-state index contributed by atoms with van der Waals surface area (Å²) < 4.78 is 5.46. The van der Waals surface area contributed by atoms with E-state index < -0.39 is 0 Å². The van der Waals surface area contributed by atoms with Crippen LogP contribution in [0.25, 0.3) is 0 Å². The number of benzene rings is 2. The highest BCUT2D eigenvalue weighted by molar-refractivity contribution is 5.82. The van der Waals surface area contributed by atoms with Gasteiger partial charge in [0.15, 0.2) is 0 Å². The summed E-state index contributed by atoms with van der Waals surface area (Å²) in [6.45, 7) is 7.65. The number of piperazine rings is 1. The molecule has 1 amide bonds. The van der Waals surface area contributed by atoms with E-state index in [4.69, 9.17) is 4.74 Å². The second-order valence-electron chi connectivity index (χ2n) is 6.86. The lowest BCUT2D eigenvalue weighted by Gasteiger charge is -2.36. The average molecular weight is 367 g/mol. The zero-order valence-corrected chi connectivity index (χ0v) is 16.5. The van der Waals surface area contributed by atoms with Crippen LogP contribution in [0, 0.1) is 6.92 Å². The summed E-state index contributed by atoms with van der Waals surface area (Å²) in [6.07, 6.45) is 0.954. The predicted molar refractivity (Wildman–Crippen MR) is 111 cm³/mol. The van der Waals surface area contributed by atoms with E-state index in [0.29, 0.717) is 6.54 Å². The summed E-state index contributed by atoms with van der Waals surface area (Å²) in [5, 5.41) is 3.37. The minimum Gasteiger partial charge on any atom is -0.495 e. The zero-order valence-electron chi connectivity index (χ0n) is 16.5. The van der Waals surface area contributed by atoms with Gasteiger partial charge in [0.25, 0.3) is 0 Å². The van der Waals surface area contributed by atoms with Crippen molar-refractivity contribution in [1.82, 2.24) is 4.90 Å². The average Bonchev–Trinajstić information content (AvgIpc) is 2.72. The van der Waals surface area contributed by atoms with Crippen LogP contribution in [0.4, 0.5) is 11.4 Å². The Morgan fingerprint density at radius 2 is 1.81 bits per heavy atom. The molecule has 0 radical (unpaired) electrons. The third-order valence-electron chi connectivity index (χ3n) is 5.21. The summed E-state index contributed by atoms with van der Waals surface area (Å²) in [6, 6.07) is 14.3. The van der Waals surface area contributed by atoms with E-state index in [0.717, 1.165) is 49.7 Å². The summed E-state index contributed by atoms with van der Waals surface area (Å²) in [4.78, 5) is 16.9. The van der Waals surface area contributed by atoms with Gasteiger partial charge in [-0.2, -0.15) is 0 Å². The Balaban J connectivity index is 1.56. The van der Waals surface area contributed by atoms with Gasteiger partial charge in [-0.05, 0) is 36.6 Å². The number of ether oxygens (including phenoxy) is 1. The van der Waals surface area contributed by atoms with Gasteiger partial charge in [0.1, 0.15) is 5.75 Å². The Hall–Kier alpha value is -2.69. The van der Waals surface area contributed by atoms with Gasteiger partial charge in [-0.3, -0.25) is 4.79 Å². The molecule has 5 heteroatoms. The standard InChI is InChI=1S/C22H29N3O2/c1-4-18-9-7-8-17(2)22(18)23-16-21(26)25-14-12-24(13-15-25)19-10-5-6-11-20(19)27-3/h5-11,23H,4,12-16H2,1-3H3. The van der Waals surface area contributed by atoms with Crippen LogP contribution in [-0.2, 0) is 11.2 Å². The van der Waals surface area contributed by atoms with Crippen molar-refractivity contribution in [2.24, 2.45) is 0 Å². The largest absolute Gasteiger partial charge is 0.495 e. The van der Waals surface area contributed by atoms with Crippen molar-refractivity contribution in [3.63, 3.8) is 0 Å². The monoisotopic (exact) mass is 367 g/mol. The molecule has 144 valence electrons. The molecule has 3 rings (SSSR count). The molecule has 5 nitrogen and oxygen atoms in total. The van der Waals surface area contributed by atoms with Crippen molar-refractivity contribution in [3.8, 4) is 5.75 Å². The molecule has 0 atom stereocenters. The highest BCUT2D eigenvalue weighted by Crippen LogP contribution is 2.28. The maximum absolute atomic E-state index is 12.7. The number of anilines is 2. The van der Waals surface area contributed by atoms with E-state index in [1.165, 1.54) is 11.1 Å². The van der Waals surface area contributed by atoms with E-state index in [9.17, 15) is 4.79 Å². The van der Waals surface area contributed by atoms with Gasteiger partial charge in [-0.25, -0.2) is 0 Å². The number of nitrogens with zero attached hydrogens (tertiary/aromatic N) is 2. The Morgan fingerprint density at radius 3 is 2.52 bits per heavy atom. The van der Waals surface area contributed by atoms with E-state index in [1.807, 2.05) is 23.1 Å². The molecule has 1 heterocycles. The van der Waals surface area contributed by atoms with E-state index in [2.05, 4.69) is 48.3 Å². The van der Waals surface area contributed by atoms with Crippen molar-refractivity contribution in [2.75, 3.05) is 50.1 Å². The molecule has 2 aromatic carbocycles. The number of carbonyl (C=O) groups is 1. The van der Waals surface area contributed by atoms with Gasteiger partial charge in [0, 0.05) is 31.9 Å². The number of amides is 1. The topological polar surface area (TPSA) is 44.8 Å². The number of rotatable bonds is 6. The number of aryl methyl sites for hydroxylation is 2. The van der Waals surface area contributed by atoms with Crippen LogP contribution in [0.2, 0.25) is 0 Å². The third-order valence-corrected chi connectivity index (χ3v) is 5.21. The first kappa shape index (κ1) is 19.1. The molecule has 1 N–H and O–H groups in total. The van der Waals surface area contributed by atoms with Crippen molar-refractivity contribution in [2.45, 2.75) is 20.3 Å². The van der Waals surface area contributed by atoms with Crippen LogP contribution < -0.4 is 15.0 Å². The summed E-state index contributed by atoms with van der Waals surface area (Å²) in [5.74, 6) is 1.03. The SMILES string of the molecule is CCc1cccc(C)c1NCC(=O)N1CCN(c2ccccc2OC)CC1. The van der Waals surface area contributed by atoms with E-state index >= 15 is 0 Å². The molecule has 2 aromatic rings. The number of hydrogen-bond acceptors (Lipinski definition) is 4. The fourth-order valence-corrected chi connectivity index (χ4v) is 3.64. The van der Waals surface area contributed by atoms with Gasteiger partial charge in [-0.15, -0.1) is 0 Å². The van der Waals surface area contributed by atoms with Gasteiger partial charge in [-0.1, -0.05) is 37.3 Å². The first-order chi connectivity index (χ1) is 13.1. The highest BCUT2D eigenvalue weighted by Gasteiger charge is 2.22. The van der Waals surface area contributed by atoms with Crippen LogP contribution in [0.5, 0.6) is 5.75 Å². The molecule has 0 aliphatic carbocycles. The van der Waals surface area contributed by atoms with Crippen LogP contribution >= 0.6 is 0 Å². The molecule has 27 heavy (non-hydrogen) atoms. The molecule has 0 unspecified atom stereocenters. The number of methoxy groups -OCH3 is 1. The van der Waals surface area contributed by atoms with Crippen molar-refractivity contribution in [1.29, 1.82) is 0 Å². The third kappa shape index (κ3) is 4.35. The van der Waals surface area contributed by atoms with E-state index in [-0.39, 0.29) is 5.91 Å². The first-order valence-corrected chi connectivity index (χ1v) is 9.62. The molecule has 0 saturated carbocycles. The highest BCUT2D eigenvalue weighted by atomic mass is 16.5. The van der Waals surface area contributed by atoms with Crippen LogP contribution in [0.15, 0.2) is 42.5 Å². The molecule has 1 saturated heterocycles. The number of para-hydroxylation sites is 3. The molecule has 0 aromatic heterocycles. The lowest BCUT2D eigenvalue weighted by atomic mass is 10.1. The lowest BCUT2D eigenvalue weighted by molar-refractivity contribution is -0.129.